The van der Waals surface area contributed by atoms with Crippen molar-refractivity contribution in [3.05, 3.63) is 47.6 Å². The van der Waals surface area contributed by atoms with Crippen LogP contribution in [-0.4, -0.2) is 79.4 Å². The number of carbonyl (C=O) groups excluding carboxylic acids is 4. The van der Waals surface area contributed by atoms with Crippen LogP contribution in [0.25, 0.3) is 0 Å². The largest absolute Gasteiger partial charge is 0.461 e. The van der Waals surface area contributed by atoms with E-state index in [9.17, 15) is 19.2 Å². The van der Waals surface area contributed by atoms with Crippen LogP contribution in [-0.2, 0) is 42.8 Å². The van der Waals surface area contributed by atoms with Crippen molar-refractivity contribution in [2.75, 3.05) is 19.8 Å². The van der Waals surface area contributed by atoms with Gasteiger partial charge in [-0.1, -0.05) is 57.4 Å². The first kappa shape index (κ1) is 38.3. The molecule has 286 valence electrons. The molecule has 4 saturated heterocycles. The Hall–Kier alpha value is -3.44. The van der Waals surface area contributed by atoms with E-state index in [1.165, 1.54) is 0 Å². The standard InChI is InChI=1S/C41H57NO10/c1-26-30-19-17-28(14-12-21-40(3)35(51-40)33(30)49-37(26)44)24-47-32(43)16-10-8-6-5-7-9-11-23-42-39(46)48-25-29-15-13-22-41(4)36(52-41)34-31(20-18-29)27(2)38(45)50-34/h14-15,30-31,33-36H,1-2,5-13,16-25H2,3-4H3,(H,42,46)/b28-14+,29-15+/t30-,31-,33-,34-,35-,36-,40+,41+/m0/s1. The Kier molecular flexibility index (Phi) is 12.3. The van der Waals surface area contributed by atoms with Gasteiger partial charge in [0.15, 0.2) is 0 Å². The molecule has 0 unspecified atom stereocenters. The third-order valence-electron chi connectivity index (χ3n) is 12.0. The van der Waals surface area contributed by atoms with Crippen molar-refractivity contribution in [2.45, 2.75) is 152 Å². The highest BCUT2D eigenvalue weighted by atomic mass is 16.7. The van der Waals surface area contributed by atoms with Crippen LogP contribution in [0, 0.1) is 11.8 Å². The maximum atomic E-state index is 12.5. The van der Waals surface area contributed by atoms with Gasteiger partial charge in [-0.05, 0) is 89.2 Å². The van der Waals surface area contributed by atoms with Gasteiger partial charge in [-0.2, -0.15) is 0 Å². The van der Waals surface area contributed by atoms with Gasteiger partial charge in [0.05, 0.1) is 11.2 Å². The van der Waals surface area contributed by atoms with Crippen LogP contribution in [0.5, 0.6) is 0 Å². The van der Waals surface area contributed by atoms with Crippen molar-refractivity contribution in [1.82, 2.24) is 5.32 Å². The summed E-state index contributed by atoms with van der Waals surface area (Å²) < 4.78 is 34.3. The number of ether oxygens (including phenoxy) is 6. The molecule has 1 amide bonds. The first-order chi connectivity index (χ1) is 25.0. The van der Waals surface area contributed by atoms with Gasteiger partial charge >= 0.3 is 24.0 Å². The normalized spacial score (nSPS) is 35.9. The predicted molar refractivity (Wildman–Crippen MR) is 192 cm³/mol. The minimum atomic E-state index is -0.416. The van der Waals surface area contributed by atoms with E-state index in [0.717, 1.165) is 94.6 Å². The molecule has 8 atom stereocenters. The number of esters is 3. The van der Waals surface area contributed by atoms with E-state index in [-0.39, 0.29) is 78.6 Å². The highest BCUT2D eigenvalue weighted by Crippen LogP contribution is 2.51. The van der Waals surface area contributed by atoms with Crippen LogP contribution >= 0.6 is 0 Å². The highest BCUT2D eigenvalue weighted by Gasteiger charge is 2.62. The monoisotopic (exact) mass is 723 g/mol. The van der Waals surface area contributed by atoms with Crippen molar-refractivity contribution in [1.29, 1.82) is 0 Å². The fourth-order valence-corrected chi connectivity index (χ4v) is 8.43. The van der Waals surface area contributed by atoms with Gasteiger partial charge in [-0.15, -0.1) is 0 Å². The number of allylic oxidation sites excluding steroid dienone is 2. The molecule has 6 aliphatic rings. The summed E-state index contributed by atoms with van der Waals surface area (Å²) in [4.78, 5) is 49.2. The summed E-state index contributed by atoms with van der Waals surface area (Å²) in [7, 11) is 0. The SMILES string of the molecule is C=C1C(=O)O[C@H]2[C@H]1CC/C(COC(=O)CCCCCCCCCNC(=O)OC/C1=C/CC[C@@]3(C)O[C@H]3[C@H]3OC(=O)C(=C)[C@@H]3CC1)=C\CC[C@@]1(C)O[C@@H]21. The first-order valence-electron chi connectivity index (χ1n) is 19.5. The average molecular weight is 724 g/mol. The topological polar surface area (TPSA) is 142 Å². The Balaban J connectivity index is 0.779. The summed E-state index contributed by atoms with van der Waals surface area (Å²) in [5.41, 5.74) is 2.58. The van der Waals surface area contributed by atoms with Crippen molar-refractivity contribution in [2.24, 2.45) is 11.8 Å². The number of carbonyl (C=O) groups is 4. The lowest BCUT2D eigenvalue weighted by atomic mass is 9.84. The molecule has 4 fully saturated rings. The Bertz CT molecular complexity index is 1360. The lowest BCUT2D eigenvalue weighted by Crippen LogP contribution is -2.29. The molecule has 1 N–H and O–H groups in total. The van der Waals surface area contributed by atoms with Gasteiger partial charge in [-0.25, -0.2) is 14.4 Å². The van der Waals surface area contributed by atoms with Gasteiger partial charge in [0.25, 0.3) is 0 Å². The zero-order chi connectivity index (χ0) is 36.9. The number of fused-ring (bicyclic) bond motifs is 6. The minimum absolute atomic E-state index is 0.0664. The molecule has 0 aromatic heterocycles. The van der Waals surface area contributed by atoms with Gasteiger partial charge in [0.1, 0.15) is 37.6 Å². The Morgan fingerprint density at radius 1 is 0.750 bits per heavy atom. The second-order valence-corrected chi connectivity index (χ2v) is 16.0. The Morgan fingerprint density at radius 2 is 1.23 bits per heavy atom. The lowest BCUT2D eigenvalue weighted by molar-refractivity contribution is -0.143. The molecule has 0 radical (unpaired) electrons. The van der Waals surface area contributed by atoms with Gasteiger partial charge < -0.3 is 33.7 Å². The molecule has 11 nitrogen and oxygen atoms in total. The van der Waals surface area contributed by atoms with Crippen molar-refractivity contribution >= 4 is 24.0 Å². The van der Waals surface area contributed by atoms with Crippen LogP contribution in [0.3, 0.4) is 0 Å². The number of hydrogen-bond acceptors (Lipinski definition) is 10. The minimum Gasteiger partial charge on any atom is -0.461 e. The first-order valence-corrected chi connectivity index (χ1v) is 19.5. The van der Waals surface area contributed by atoms with Crippen LogP contribution in [0.4, 0.5) is 4.79 Å². The molecule has 52 heavy (non-hydrogen) atoms. The van der Waals surface area contributed by atoms with E-state index < -0.39 is 6.09 Å². The molecule has 4 heterocycles. The Morgan fingerprint density at radius 3 is 1.77 bits per heavy atom. The lowest BCUT2D eigenvalue weighted by Gasteiger charge is -2.20. The molecule has 0 aromatic rings. The number of nitrogens with one attached hydrogen (secondary N) is 1. The second kappa shape index (κ2) is 16.7. The van der Waals surface area contributed by atoms with E-state index in [4.69, 9.17) is 28.4 Å². The molecule has 0 bridgehead atoms. The molecular weight excluding hydrogens is 666 g/mol. The zero-order valence-corrected chi connectivity index (χ0v) is 31.1. The quantitative estimate of drug-likeness (QED) is 0.0503. The fourth-order valence-electron chi connectivity index (χ4n) is 8.43. The molecular formula is C41H57NO10. The average Bonchev–Trinajstić information content (AvgIpc) is 3.93. The van der Waals surface area contributed by atoms with Crippen molar-refractivity contribution in [3.8, 4) is 0 Å². The molecule has 4 aliphatic heterocycles. The summed E-state index contributed by atoms with van der Waals surface area (Å²) in [6.45, 7) is 13.1. The number of epoxide rings is 2. The summed E-state index contributed by atoms with van der Waals surface area (Å²) in [6, 6.07) is 0. The van der Waals surface area contributed by atoms with Gasteiger partial charge in [-0.3, -0.25) is 4.79 Å². The third kappa shape index (κ3) is 9.37. The third-order valence-corrected chi connectivity index (χ3v) is 12.0. The summed E-state index contributed by atoms with van der Waals surface area (Å²) in [5.74, 6) is -0.976. The second-order valence-electron chi connectivity index (χ2n) is 16.0. The highest BCUT2D eigenvalue weighted by molar-refractivity contribution is 5.91. The number of hydrogen-bond donors (Lipinski definition) is 1. The van der Waals surface area contributed by atoms with E-state index in [1.807, 2.05) is 0 Å². The number of rotatable bonds is 14. The number of alkyl carbamates (subject to hydrolysis) is 1. The van der Waals surface area contributed by atoms with Crippen LogP contribution < -0.4 is 5.32 Å². The maximum Gasteiger partial charge on any atom is 0.407 e. The molecule has 11 heteroatoms. The summed E-state index contributed by atoms with van der Waals surface area (Å²) in [6.07, 6.45) is 16.7. The predicted octanol–water partition coefficient (Wildman–Crippen LogP) is 6.89. The van der Waals surface area contributed by atoms with Crippen molar-refractivity contribution < 1.29 is 47.6 Å². The van der Waals surface area contributed by atoms with E-state index in [2.05, 4.69) is 44.5 Å². The number of amides is 1. The molecule has 0 saturated carbocycles. The van der Waals surface area contributed by atoms with E-state index in [1.54, 1.807) is 0 Å². The van der Waals surface area contributed by atoms with Crippen LogP contribution in [0.15, 0.2) is 47.6 Å². The van der Waals surface area contributed by atoms with E-state index in [0.29, 0.717) is 37.0 Å². The summed E-state index contributed by atoms with van der Waals surface area (Å²) in [5, 5.41) is 2.86. The fraction of sp³-hybridized carbons (Fsp3) is 0.707. The smallest absolute Gasteiger partial charge is 0.407 e. The number of unbranched alkanes of at least 4 members (excludes halogenated alkanes) is 6. The van der Waals surface area contributed by atoms with Crippen molar-refractivity contribution in [3.63, 3.8) is 0 Å². The zero-order valence-electron chi connectivity index (χ0n) is 31.1. The molecule has 0 spiro atoms. The molecule has 2 aliphatic carbocycles. The summed E-state index contributed by atoms with van der Waals surface area (Å²) >= 11 is 0. The van der Waals surface area contributed by atoms with E-state index >= 15 is 0 Å². The molecule has 0 aromatic carbocycles. The van der Waals surface area contributed by atoms with Gasteiger partial charge in [0, 0.05) is 35.9 Å². The Labute approximate surface area is 307 Å². The van der Waals surface area contributed by atoms with Crippen LogP contribution in [0.1, 0.15) is 117 Å². The molecule has 6 rings (SSSR count). The van der Waals surface area contributed by atoms with Gasteiger partial charge in [0.2, 0.25) is 0 Å². The maximum absolute atomic E-state index is 12.5. The van der Waals surface area contributed by atoms with Crippen LogP contribution in [0.2, 0.25) is 0 Å².